The molecule has 0 aromatic heterocycles. The molecule has 20 heavy (non-hydrogen) atoms. The number of benzene rings is 1. The second-order valence-electron chi connectivity index (χ2n) is 4.06. The summed E-state index contributed by atoms with van der Waals surface area (Å²) in [6, 6.07) is 5.36. The summed E-state index contributed by atoms with van der Waals surface area (Å²) in [7, 11) is 0. The highest BCUT2D eigenvalue weighted by Gasteiger charge is 2.63. The smallest absolute Gasteiger partial charge is 0.344 e. The second-order valence-corrected chi connectivity index (χ2v) is 4.97. The van der Waals surface area contributed by atoms with Crippen molar-refractivity contribution in [1.29, 1.82) is 0 Å². The lowest BCUT2D eigenvalue weighted by Gasteiger charge is -2.23. The first kappa shape index (κ1) is 16.9. The molecule has 0 heterocycles. The molecule has 8 heteroatoms. The largest absolute Gasteiger partial charge is 0.463 e. The zero-order valence-electron chi connectivity index (χ0n) is 10.3. The maximum absolute atomic E-state index is 12.9. The number of halogens is 6. The summed E-state index contributed by atoms with van der Waals surface area (Å²) in [5.74, 6) is -7.75. The van der Waals surface area contributed by atoms with E-state index < -0.39 is 24.0 Å². The number of rotatable bonds is 4. The molecule has 0 saturated heterocycles. The molecule has 1 N–H and O–H groups in total. The van der Waals surface area contributed by atoms with E-state index in [0.29, 0.717) is 5.56 Å². The first-order chi connectivity index (χ1) is 9.09. The lowest BCUT2D eigenvalue weighted by Crippen LogP contribution is -2.51. The Morgan fingerprint density at radius 1 is 1.20 bits per heavy atom. The van der Waals surface area contributed by atoms with Gasteiger partial charge in [-0.05, 0) is 24.1 Å². The van der Waals surface area contributed by atoms with Crippen molar-refractivity contribution in [3.8, 4) is 0 Å². The summed E-state index contributed by atoms with van der Waals surface area (Å²) in [5, 5.41) is 1.73. The van der Waals surface area contributed by atoms with Gasteiger partial charge in [0.2, 0.25) is 0 Å². The van der Waals surface area contributed by atoms with E-state index in [1.807, 2.05) is 0 Å². The van der Waals surface area contributed by atoms with Crippen LogP contribution >= 0.6 is 15.9 Å². The molecule has 112 valence electrons. The van der Waals surface area contributed by atoms with Crippen molar-refractivity contribution in [3.05, 3.63) is 34.3 Å². The van der Waals surface area contributed by atoms with Crippen LogP contribution in [0.2, 0.25) is 0 Å². The minimum atomic E-state index is -5.91. The number of alkyl halides is 5. The summed E-state index contributed by atoms with van der Waals surface area (Å²) in [6.45, 7) is 1.57. The van der Waals surface area contributed by atoms with Crippen molar-refractivity contribution in [2.45, 2.75) is 31.5 Å². The van der Waals surface area contributed by atoms with Crippen molar-refractivity contribution in [2.75, 3.05) is 0 Å². The number of nitrogens with one attached hydrogen (secondary N) is 1. The van der Waals surface area contributed by atoms with Crippen LogP contribution in [0.1, 0.15) is 24.9 Å². The molecule has 0 aliphatic rings. The summed E-state index contributed by atoms with van der Waals surface area (Å²) < 4.78 is 62.7. The van der Waals surface area contributed by atoms with Gasteiger partial charge in [-0.15, -0.1) is 0 Å². The van der Waals surface area contributed by atoms with Gasteiger partial charge in [0.15, 0.2) is 0 Å². The minimum Gasteiger partial charge on any atom is -0.344 e. The molecule has 0 aliphatic carbocycles. The number of carbonyl (C=O) groups excluding carboxylic acids is 1. The Balaban J connectivity index is 2.89. The van der Waals surface area contributed by atoms with Crippen LogP contribution in [-0.4, -0.2) is 18.0 Å². The maximum Gasteiger partial charge on any atom is 0.463 e. The van der Waals surface area contributed by atoms with E-state index in [-0.39, 0.29) is 6.42 Å². The normalized spacial score (nSPS) is 13.9. The molecule has 0 saturated carbocycles. The molecule has 1 unspecified atom stereocenters. The number of carbonyl (C=O) groups is 1. The monoisotopic (exact) mass is 359 g/mol. The molecule has 0 spiro atoms. The standard InChI is InChI=1S/C12H11BrF5NO/c1-2-9(7-3-5-8(13)6-4-7)19-10(20)11(14,15)12(16,17)18/h3-6,9H,2H2,1H3,(H,19,20). The van der Waals surface area contributed by atoms with Gasteiger partial charge in [0.1, 0.15) is 0 Å². The van der Waals surface area contributed by atoms with Gasteiger partial charge in [-0.3, -0.25) is 4.79 Å². The summed E-state index contributed by atoms with van der Waals surface area (Å²) in [4.78, 5) is 11.1. The van der Waals surface area contributed by atoms with E-state index in [1.165, 1.54) is 12.1 Å². The lowest BCUT2D eigenvalue weighted by atomic mass is 10.0. The highest BCUT2D eigenvalue weighted by Crippen LogP contribution is 2.36. The molecule has 1 aromatic carbocycles. The fourth-order valence-corrected chi connectivity index (χ4v) is 1.76. The SMILES string of the molecule is CCC(NC(=O)C(F)(F)C(F)(F)F)c1ccc(Br)cc1. The van der Waals surface area contributed by atoms with E-state index >= 15 is 0 Å². The van der Waals surface area contributed by atoms with Gasteiger partial charge in [-0.1, -0.05) is 35.0 Å². The van der Waals surface area contributed by atoms with Crippen LogP contribution in [0.25, 0.3) is 0 Å². The van der Waals surface area contributed by atoms with Crippen LogP contribution in [0.4, 0.5) is 22.0 Å². The van der Waals surface area contributed by atoms with Gasteiger partial charge in [0.05, 0.1) is 6.04 Å². The minimum absolute atomic E-state index is 0.182. The van der Waals surface area contributed by atoms with E-state index in [1.54, 1.807) is 24.4 Å². The number of hydrogen-bond acceptors (Lipinski definition) is 1. The van der Waals surface area contributed by atoms with E-state index in [9.17, 15) is 26.7 Å². The van der Waals surface area contributed by atoms with Gasteiger partial charge in [-0.25, -0.2) is 0 Å². The van der Waals surface area contributed by atoms with Crippen molar-refractivity contribution in [1.82, 2.24) is 5.32 Å². The predicted molar refractivity (Wildman–Crippen MR) is 66.3 cm³/mol. The van der Waals surface area contributed by atoms with E-state index in [4.69, 9.17) is 0 Å². The van der Waals surface area contributed by atoms with E-state index in [0.717, 1.165) is 4.47 Å². The number of hydrogen-bond donors (Lipinski definition) is 1. The molecule has 0 fully saturated rings. The molecule has 1 rings (SSSR count). The zero-order valence-corrected chi connectivity index (χ0v) is 11.9. The topological polar surface area (TPSA) is 29.1 Å². The third-order valence-corrected chi connectivity index (χ3v) is 3.16. The second kappa shape index (κ2) is 6.07. The van der Waals surface area contributed by atoms with Crippen LogP contribution in [0.3, 0.4) is 0 Å². The molecule has 1 atom stereocenters. The van der Waals surface area contributed by atoms with Crippen LogP contribution in [0.15, 0.2) is 28.7 Å². The van der Waals surface area contributed by atoms with Crippen molar-refractivity contribution < 1.29 is 26.7 Å². The Bertz CT molecular complexity index is 472. The molecular formula is C12H11BrF5NO. The predicted octanol–water partition coefficient (Wildman–Crippen LogP) is 4.21. The van der Waals surface area contributed by atoms with Crippen LogP contribution in [-0.2, 0) is 4.79 Å². The summed E-state index contributed by atoms with van der Waals surface area (Å²) >= 11 is 3.17. The molecule has 1 aromatic rings. The average molecular weight is 360 g/mol. The van der Waals surface area contributed by atoms with Crippen LogP contribution < -0.4 is 5.32 Å². The average Bonchev–Trinajstić information content (AvgIpc) is 2.35. The van der Waals surface area contributed by atoms with Gasteiger partial charge in [0, 0.05) is 4.47 Å². The van der Waals surface area contributed by atoms with E-state index in [2.05, 4.69) is 15.9 Å². The van der Waals surface area contributed by atoms with Crippen LogP contribution in [0.5, 0.6) is 0 Å². The molecule has 0 aliphatic heterocycles. The summed E-state index contributed by atoms with van der Waals surface area (Å²) in [6.07, 6.45) is -5.73. The fraction of sp³-hybridized carbons (Fsp3) is 0.417. The Morgan fingerprint density at radius 2 is 1.70 bits per heavy atom. The van der Waals surface area contributed by atoms with Gasteiger partial charge >= 0.3 is 18.0 Å². The number of amides is 1. The highest BCUT2D eigenvalue weighted by molar-refractivity contribution is 9.10. The van der Waals surface area contributed by atoms with Crippen molar-refractivity contribution >= 4 is 21.8 Å². The highest BCUT2D eigenvalue weighted by atomic mass is 79.9. The molecule has 0 bridgehead atoms. The van der Waals surface area contributed by atoms with Gasteiger partial charge in [0.25, 0.3) is 0 Å². The fourth-order valence-electron chi connectivity index (χ4n) is 1.49. The van der Waals surface area contributed by atoms with Crippen LogP contribution in [0, 0.1) is 0 Å². The Morgan fingerprint density at radius 3 is 2.10 bits per heavy atom. The first-order valence-corrected chi connectivity index (χ1v) is 6.40. The molecule has 0 radical (unpaired) electrons. The third-order valence-electron chi connectivity index (χ3n) is 2.63. The quantitative estimate of drug-likeness (QED) is 0.801. The van der Waals surface area contributed by atoms with Crippen molar-refractivity contribution in [3.63, 3.8) is 0 Å². The maximum atomic E-state index is 12.9. The summed E-state index contributed by atoms with van der Waals surface area (Å²) in [5.41, 5.74) is 0.446. The Hall–Kier alpha value is -1.18. The zero-order chi connectivity index (χ0) is 15.6. The Kier molecular flexibility index (Phi) is 5.12. The molecular weight excluding hydrogens is 349 g/mol. The lowest BCUT2D eigenvalue weighted by molar-refractivity contribution is -0.270. The first-order valence-electron chi connectivity index (χ1n) is 5.60. The molecule has 2 nitrogen and oxygen atoms in total. The Labute approximate surface area is 120 Å². The van der Waals surface area contributed by atoms with Crippen molar-refractivity contribution in [2.24, 2.45) is 0 Å². The van der Waals surface area contributed by atoms with Gasteiger partial charge < -0.3 is 5.32 Å². The van der Waals surface area contributed by atoms with Gasteiger partial charge in [-0.2, -0.15) is 22.0 Å². The third kappa shape index (κ3) is 3.68. The molecule has 1 amide bonds.